The van der Waals surface area contributed by atoms with Crippen LogP contribution in [0.5, 0.6) is 0 Å². The van der Waals surface area contributed by atoms with Crippen molar-refractivity contribution in [3.63, 3.8) is 0 Å². The van der Waals surface area contributed by atoms with E-state index in [2.05, 4.69) is 20.9 Å². The first kappa shape index (κ1) is 14.5. The van der Waals surface area contributed by atoms with Gasteiger partial charge in [0.1, 0.15) is 11.9 Å². The summed E-state index contributed by atoms with van der Waals surface area (Å²) in [5, 5.41) is 8.08. The summed E-state index contributed by atoms with van der Waals surface area (Å²) in [5.41, 5.74) is 0.580. The summed E-state index contributed by atoms with van der Waals surface area (Å²) in [6.45, 7) is 0.248. The summed E-state index contributed by atoms with van der Waals surface area (Å²) in [5.74, 6) is -0.591. The van der Waals surface area contributed by atoms with Gasteiger partial charge in [0.05, 0.1) is 0 Å². The van der Waals surface area contributed by atoms with Crippen LogP contribution in [0, 0.1) is 5.82 Å². The van der Waals surface area contributed by atoms with Crippen LogP contribution in [0.25, 0.3) is 0 Å². The molecule has 3 N–H and O–H groups in total. The molecule has 1 aliphatic heterocycles. The molecule has 1 aromatic carbocycles. The summed E-state index contributed by atoms with van der Waals surface area (Å²) in [6, 6.07) is 5.58. The third kappa shape index (κ3) is 3.22. The molecule has 3 amide bonds. The van der Waals surface area contributed by atoms with Crippen LogP contribution in [0.2, 0.25) is 0 Å². The Morgan fingerprint density at radius 3 is 3.00 bits per heavy atom. The van der Waals surface area contributed by atoms with Crippen LogP contribution in [0.15, 0.2) is 30.5 Å². The highest BCUT2D eigenvalue weighted by molar-refractivity contribution is 7.15. The number of nitrogens with zero attached hydrogens (tertiary/aromatic N) is 1. The fourth-order valence-electron chi connectivity index (χ4n) is 2.08. The number of hydrogen-bond acceptors (Lipinski definition) is 4. The maximum absolute atomic E-state index is 13.6. The molecule has 3 rings (SSSR count). The molecule has 2 heterocycles. The van der Waals surface area contributed by atoms with E-state index in [0.29, 0.717) is 17.1 Å². The molecule has 0 spiro atoms. The minimum absolute atomic E-state index is 0.248. The van der Waals surface area contributed by atoms with Gasteiger partial charge < -0.3 is 16.0 Å². The highest BCUT2D eigenvalue weighted by Crippen LogP contribution is 2.22. The van der Waals surface area contributed by atoms with Crippen molar-refractivity contribution in [2.45, 2.75) is 12.5 Å². The van der Waals surface area contributed by atoms with Crippen molar-refractivity contribution >= 4 is 28.4 Å². The molecule has 1 saturated heterocycles. The quantitative estimate of drug-likeness (QED) is 0.798. The molecule has 1 atom stereocenters. The molecule has 6 nitrogen and oxygen atoms in total. The Morgan fingerprint density at radius 2 is 2.27 bits per heavy atom. The lowest BCUT2D eigenvalue weighted by molar-refractivity contribution is -0.117. The second-order valence-corrected chi connectivity index (χ2v) is 5.91. The van der Waals surface area contributed by atoms with E-state index in [-0.39, 0.29) is 24.3 Å². The standard InChI is InChI=1S/C14H13FN4O2S/c15-10-4-2-1-3-8(10)5-9-6-17-14(22-9)19-12(20)11-7-16-13(21)18-11/h1-4,6,11H,5,7H2,(H2,16,18,21)(H,17,19,20). The molecule has 1 aromatic heterocycles. The third-order valence-electron chi connectivity index (χ3n) is 3.19. The van der Waals surface area contributed by atoms with Crippen LogP contribution in [0.1, 0.15) is 10.4 Å². The van der Waals surface area contributed by atoms with Crippen molar-refractivity contribution in [1.29, 1.82) is 0 Å². The Balaban J connectivity index is 1.63. The smallest absolute Gasteiger partial charge is 0.315 e. The first-order valence-electron chi connectivity index (χ1n) is 6.65. The fourth-order valence-corrected chi connectivity index (χ4v) is 2.92. The Labute approximate surface area is 129 Å². The van der Waals surface area contributed by atoms with Crippen molar-refractivity contribution in [3.8, 4) is 0 Å². The normalized spacial score (nSPS) is 17.0. The van der Waals surface area contributed by atoms with E-state index in [4.69, 9.17) is 0 Å². The second-order valence-electron chi connectivity index (χ2n) is 4.80. The Morgan fingerprint density at radius 1 is 1.45 bits per heavy atom. The minimum atomic E-state index is -0.605. The highest BCUT2D eigenvalue weighted by Gasteiger charge is 2.27. The number of benzene rings is 1. The summed E-state index contributed by atoms with van der Waals surface area (Å²) in [6.07, 6.45) is 2.03. The molecule has 0 saturated carbocycles. The van der Waals surface area contributed by atoms with E-state index in [1.165, 1.54) is 17.4 Å². The molecule has 114 valence electrons. The number of urea groups is 1. The number of halogens is 1. The number of amides is 3. The molecule has 1 aliphatic rings. The number of hydrogen-bond donors (Lipinski definition) is 3. The van der Waals surface area contributed by atoms with E-state index < -0.39 is 6.04 Å². The summed E-state index contributed by atoms with van der Waals surface area (Å²) < 4.78 is 13.6. The lowest BCUT2D eigenvalue weighted by atomic mass is 10.1. The minimum Gasteiger partial charge on any atom is -0.336 e. The SMILES string of the molecule is O=C1NCC(C(=O)Nc2ncc(Cc3ccccc3F)s2)N1. The molecule has 2 aromatic rings. The van der Waals surface area contributed by atoms with Crippen LogP contribution >= 0.6 is 11.3 Å². The summed E-state index contributed by atoms with van der Waals surface area (Å²) >= 11 is 1.28. The monoisotopic (exact) mass is 320 g/mol. The van der Waals surface area contributed by atoms with Crippen molar-refractivity contribution in [1.82, 2.24) is 15.6 Å². The number of rotatable bonds is 4. The van der Waals surface area contributed by atoms with Crippen LogP contribution in [0.3, 0.4) is 0 Å². The van der Waals surface area contributed by atoms with E-state index in [1.54, 1.807) is 24.4 Å². The zero-order chi connectivity index (χ0) is 15.5. The molecule has 1 unspecified atom stereocenters. The van der Waals surface area contributed by atoms with E-state index >= 15 is 0 Å². The Hall–Kier alpha value is -2.48. The van der Waals surface area contributed by atoms with Gasteiger partial charge in [0.25, 0.3) is 5.91 Å². The molecule has 0 bridgehead atoms. The number of anilines is 1. The topological polar surface area (TPSA) is 83.1 Å². The summed E-state index contributed by atoms with van der Waals surface area (Å²) in [4.78, 5) is 27.9. The molecular weight excluding hydrogens is 307 g/mol. The maximum Gasteiger partial charge on any atom is 0.315 e. The van der Waals surface area contributed by atoms with Crippen LogP contribution in [-0.2, 0) is 11.2 Å². The van der Waals surface area contributed by atoms with Gasteiger partial charge in [0.15, 0.2) is 5.13 Å². The fraction of sp³-hybridized carbons (Fsp3) is 0.214. The average molecular weight is 320 g/mol. The predicted octanol–water partition coefficient (Wildman–Crippen LogP) is 1.49. The second kappa shape index (κ2) is 6.10. The molecule has 1 fully saturated rings. The van der Waals surface area contributed by atoms with E-state index in [0.717, 1.165) is 4.88 Å². The molecular formula is C14H13FN4O2S. The predicted molar refractivity (Wildman–Crippen MR) is 80.3 cm³/mol. The largest absolute Gasteiger partial charge is 0.336 e. The number of nitrogens with one attached hydrogen (secondary N) is 3. The van der Waals surface area contributed by atoms with Gasteiger partial charge in [-0.1, -0.05) is 18.2 Å². The van der Waals surface area contributed by atoms with Crippen molar-refractivity contribution in [2.75, 3.05) is 11.9 Å². The lowest BCUT2D eigenvalue weighted by Gasteiger charge is -2.06. The van der Waals surface area contributed by atoms with Crippen LogP contribution < -0.4 is 16.0 Å². The molecule has 0 radical (unpaired) electrons. The van der Waals surface area contributed by atoms with Gasteiger partial charge >= 0.3 is 6.03 Å². The number of aromatic nitrogens is 1. The Bertz CT molecular complexity index is 718. The van der Waals surface area contributed by atoms with Crippen molar-refractivity contribution < 1.29 is 14.0 Å². The first-order chi connectivity index (χ1) is 10.6. The van der Waals surface area contributed by atoms with Crippen LogP contribution in [0.4, 0.5) is 14.3 Å². The van der Waals surface area contributed by atoms with Gasteiger partial charge in [-0.05, 0) is 11.6 Å². The van der Waals surface area contributed by atoms with Gasteiger partial charge in [0.2, 0.25) is 0 Å². The van der Waals surface area contributed by atoms with Gasteiger partial charge in [-0.2, -0.15) is 0 Å². The van der Waals surface area contributed by atoms with Gasteiger partial charge in [-0.25, -0.2) is 14.2 Å². The molecule has 8 heteroatoms. The maximum atomic E-state index is 13.6. The van der Waals surface area contributed by atoms with E-state index in [9.17, 15) is 14.0 Å². The highest BCUT2D eigenvalue weighted by atomic mass is 32.1. The number of carbonyl (C=O) groups is 2. The van der Waals surface area contributed by atoms with Crippen molar-refractivity contribution in [3.05, 3.63) is 46.7 Å². The lowest BCUT2D eigenvalue weighted by Crippen LogP contribution is -2.38. The zero-order valence-corrected chi connectivity index (χ0v) is 12.2. The van der Waals surface area contributed by atoms with E-state index in [1.807, 2.05) is 0 Å². The van der Waals surface area contributed by atoms with Gasteiger partial charge in [-0.15, -0.1) is 11.3 Å². The van der Waals surface area contributed by atoms with Crippen molar-refractivity contribution in [2.24, 2.45) is 0 Å². The third-order valence-corrected chi connectivity index (χ3v) is 4.11. The number of thiazole rings is 1. The molecule has 0 aliphatic carbocycles. The molecule has 22 heavy (non-hydrogen) atoms. The Kier molecular flexibility index (Phi) is 4.01. The van der Waals surface area contributed by atoms with Gasteiger partial charge in [0, 0.05) is 24.0 Å². The zero-order valence-electron chi connectivity index (χ0n) is 11.4. The average Bonchev–Trinajstić information content (AvgIpc) is 3.11. The van der Waals surface area contributed by atoms with Crippen LogP contribution in [-0.4, -0.2) is 29.5 Å². The summed E-state index contributed by atoms with van der Waals surface area (Å²) in [7, 11) is 0. The van der Waals surface area contributed by atoms with Gasteiger partial charge in [-0.3, -0.25) is 4.79 Å². The number of carbonyl (C=O) groups excluding carboxylic acids is 2. The first-order valence-corrected chi connectivity index (χ1v) is 7.47.